The van der Waals surface area contributed by atoms with E-state index in [2.05, 4.69) is 114 Å². The number of benzene rings is 4. The maximum absolute atomic E-state index is 14.5. The first-order chi connectivity index (χ1) is 35.8. The molecule has 4 fully saturated rings. The van der Waals surface area contributed by atoms with E-state index in [1.54, 1.807) is 0 Å². The molecule has 4 heterocycles. The van der Waals surface area contributed by atoms with Gasteiger partial charge in [-0.1, -0.05) is 102 Å². The zero-order chi connectivity index (χ0) is 51.4. The van der Waals surface area contributed by atoms with E-state index in [-0.39, 0.29) is 60.1 Å². The Morgan fingerprint density at radius 2 is 0.905 bits per heavy atom. The summed E-state index contributed by atoms with van der Waals surface area (Å²) >= 11 is 0. The molecule has 2 saturated heterocycles. The molecule has 4 aromatic rings. The number of hydrogen-bond acceptors (Lipinski definition) is 10. The zero-order valence-electron chi connectivity index (χ0n) is 44.1. The number of nitrogens with one attached hydrogen (secondary N) is 6. The van der Waals surface area contributed by atoms with E-state index < -0.39 is 24.3 Å². The number of anilines is 4. The molecule has 4 aliphatic heterocycles. The van der Waals surface area contributed by atoms with Crippen LogP contribution in [0.4, 0.5) is 32.3 Å². The summed E-state index contributed by atoms with van der Waals surface area (Å²) in [5, 5.41) is 21.0. The maximum Gasteiger partial charge on any atom is 0.407 e. The Labute approximate surface area is 436 Å². The van der Waals surface area contributed by atoms with E-state index in [4.69, 9.17) is 9.47 Å². The van der Waals surface area contributed by atoms with Gasteiger partial charge in [-0.3, -0.25) is 9.59 Å². The molecule has 6 N–H and O–H groups in total. The minimum atomic E-state index is -0.665. The van der Waals surface area contributed by atoms with Crippen molar-refractivity contribution < 1.29 is 28.7 Å². The molecule has 14 heteroatoms. The van der Waals surface area contributed by atoms with Gasteiger partial charge in [0.15, 0.2) is 0 Å². The van der Waals surface area contributed by atoms with Crippen molar-refractivity contribution in [1.29, 1.82) is 0 Å². The van der Waals surface area contributed by atoms with Crippen LogP contribution in [0.15, 0.2) is 72.8 Å². The van der Waals surface area contributed by atoms with Gasteiger partial charge < -0.3 is 51.2 Å². The molecule has 10 aliphatic rings. The minimum absolute atomic E-state index is 0.0242. The van der Waals surface area contributed by atoms with Gasteiger partial charge in [0.1, 0.15) is 24.4 Å². The van der Waals surface area contributed by atoms with Crippen LogP contribution in [0.5, 0.6) is 0 Å². The van der Waals surface area contributed by atoms with Gasteiger partial charge in [-0.25, -0.2) is 9.59 Å². The van der Waals surface area contributed by atoms with Crippen LogP contribution in [0.1, 0.15) is 114 Å². The molecule has 0 spiro atoms. The van der Waals surface area contributed by atoms with E-state index in [1.165, 1.54) is 71.6 Å². The fourth-order valence-corrected chi connectivity index (χ4v) is 14.1. The number of fused-ring (bicyclic) bond motifs is 4. The van der Waals surface area contributed by atoms with Crippen molar-refractivity contribution in [3.8, 4) is 22.3 Å². The van der Waals surface area contributed by atoms with Crippen LogP contribution in [-0.2, 0) is 44.7 Å². The predicted molar refractivity (Wildman–Crippen MR) is 291 cm³/mol. The van der Waals surface area contributed by atoms with Gasteiger partial charge in [0.05, 0.1) is 49.1 Å². The standard InChI is InChI=1S/C60H76N8O6/c1-33(2)53(65-59(71)73-5)57(69)67-49-13-9-7-11-41(49)31-51(67)55-61-45-25-23-39(29-47(45)63-55)43-27-35-15-19-37(43)21-17-36-16-20-38(22-18-35)44(28-36)40-24-26-46-48(30-40)64-56(62-46)52-32-42-12-8-10-14-50(42)68(52)58(70)54(34(3)4)66-60(72)74-6/h15-16,19-20,23-30,33-34,41-42,49-56,61-64H,7-14,17-18,21-22,31-32H2,1-6H3,(H,65,71)(H,66,72)/t41-,42-,49-,50-,51?,52?,53-,54-,55-,56-/m0/s1. The quantitative estimate of drug-likeness (QED) is 0.0901. The van der Waals surface area contributed by atoms with Gasteiger partial charge in [0.25, 0.3) is 0 Å². The fraction of sp³-hybridized carbons (Fsp3) is 0.533. The fourth-order valence-electron chi connectivity index (χ4n) is 14.1. The van der Waals surface area contributed by atoms with E-state index in [1.807, 2.05) is 27.7 Å². The number of likely N-dealkylation sites (tertiary alicyclic amines) is 2. The molecule has 6 aliphatic carbocycles. The topological polar surface area (TPSA) is 165 Å². The Bertz CT molecular complexity index is 2610. The molecule has 392 valence electrons. The van der Waals surface area contributed by atoms with Crippen LogP contribution < -0.4 is 31.9 Å². The number of hydrogen-bond donors (Lipinski definition) is 6. The lowest BCUT2D eigenvalue weighted by atomic mass is 9.84. The highest BCUT2D eigenvalue weighted by Gasteiger charge is 2.52. The average molecular weight is 1010 g/mol. The van der Waals surface area contributed by atoms with Crippen molar-refractivity contribution in [2.24, 2.45) is 23.7 Å². The lowest BCUT2D eigenvalue weighted by Crippen LogP contribution is -2.58. The second kappa shape index (κ2) is 20.7. The van der Waals surface area contributed by atoms with Crippen molar-refractivity contribution in [2.75, 3.05) is 35.5 Å². The average Bonchev–Trinajstić information content (AvgIpc) is 4.21. The molecule has 4 amide bonds. The third kappa shape index (κ3) is 9.50. The van der Waals surface area contributed by atoms with E-state index >= 15 is 0 Å². The van der Waals surface area contributed by atoms with Crippen molar-refractivity contribution in [3.63, 3.8) is 0 Å². The third-order valence-electron chi connectivity index (χ3n) is 17.9. The van der Waals surface area contributed by atoms with Crippen molar-refractivity contribution in [2.45, 2.75) is 166 Å². The Morgan fingerprint density at radius 1 is 0.500 bits per heavy atom. The highest BCUT2D eigenvalue weighted by atomic mass is 16.5. The number of carbonyl (C=O) groups excluding carboxylic acids is 4. The van der Waals surface area contributed by atoms with Gasteiger partial charge in [0, 0.05) is 12.1 Å². The molecular weight excluding hydrogens is 929 g/mol. The number of nitrogens with zero attached hydrogens (tertiary/aromatic N) is 2. The first kappa shape index (κ1) is 49.8. The molecule has 0 radical (unpaired) electrons. The Hall–Kier alpha value is -6.44. The van der Waals surface area contributed by atoms with E-state index in [0.29, 0.717) is 11.8 Å². The summed E-state index contributed by atoms with van der Waals surface area (Å²) in [5.74, 6) is 0.646. The van der Waals surface area contributed by atoms with Crippen LogP contribution >= 0.6 is 0 Å². The van der Waals surface area contributed by atoms with Crippen molar-refractivity contribution in [3.05, 3.63) is 95.1 Å². The summed E-state index contributed by atoms with van der Waals surface area (Å²) in [4.78, 5) is 58.1. The van der Waals surface area contributed by atoms with Gasteiger partial charge in [-0.15, -0.1) is 0 Å². The molecule has 74 heavy (non-hydrogen) atoms. The van der Waals surface area contributed by atoms with E-state index in [0.717, 1.165) is 99.8 Å². The molecule has 14 nitrogen and oxygen atoms in total. The number of alkyl carbamates (subject to hydrolysis) is 2. The molecule has 14 rings (SSSR count). The zero-order valence-corrected chi connectivity index (χ0v) is 44.1. The van der Waals surface area contributed by atoms with Crippen LogP contribution in [0.2, 0.25) is 0 Å². The number of rotatable bonds is 10. The number of carbonyl (C=O) groups is 4. The lowest BCUT2D eigenvalue weighted by molar-refractivity contribution is -0.139. The highest BCUT2D eigenvalue weighted by Crippen LogP contribution is 2.47. The molecular formula is C60H76N8O6. The van der Waals surface area contributed by atoms with Gasteiger partial charge in [-0.2, -0.15) is 0 Å². The van der Waals surface area contributed by atoms with Gasteiger partial charge in [-0.05, 0) is 157 Å². The lowest BCUT2D eigenvalue weighted by Gasteiger charge is -2.38. The summed E-state index contributed by atoms with van der Waals surface area (Å²) in [7, 11) is 2.69. The monoisotopic (exact) mass is 1000 g/mol. The summed E-state index contributed by atoms with van der Waals surface area (Å²) < 4.78 is 9.90. The minimum Gasteiger partial charge on any atom is -0.453 e. The van der Waals surface area contributed by atoms with Gasteiger partial charge >= 0.3 is 12.2 Å². The summed E-state index contributed by atoms with van der Waals surface area (Å²) in [6, 6.07) is 26.4. The molecule has 2 unspecified atom stereocenters. The molecule has 0 aromatic heterocycles. The van der Waals surface area contributed by atoms with Crippen molar-refractivity contribution in [1.82, 2.24) is 20.4 Å². The van der Waals surface area contributed by atoms with Crippen LogP contribution in [0.3, 0.4) is 0 Å². The molecule has 4 bridgehead atoms. The second-order valence-corrected chi connectivity index (χ2v) is 23.1. The molecule has 2 saturated carbocycles. The summed E-state index contributed by atoms with van der Waals surface area (Å²) in [6.07, 6.45) is 12.7. The van der Waals surface area contributed by atoms with Crippen molar-refractivity contribution >= 4 is 46.8 Å². The summed E-state index contributed by atoms with van der Waals surface area (Å²) in [5.41, 5.74) is 14.3. The Balaban J connectivity index is 0.804. The van der Waals surface area contributed by atoms with Crippen LogP contribution in [0, 0.1) is 23.7 Å². The number of ether oxygens (including phenoxy) is 2. The molecule has 10 atom stereocenters. The Morgan fingerprint density at radius 3 is 1.31 bits per heavy atom. The number of aryl methyl sites for hydroxylation is 4. The number of amides is 4. The first-order valence-corrected chi connectivity index (χ1v) is 27.8. The second-order valence-electron chi connectivity index (χ2n) is 23.1. The normalized spacial score (nSPS) is 26.2. The number of methoxy groups -OCH3 is 2. The van der Waals surface area contributed by atoms with Crippen LogP contribution in [0.25, 0.3) is 22.3 Å². The van der Waals surface area contributed by atoms with Gasteiger partial charge in [0.2, 0.25) is 11.8 Å². The third-order valence-corrected chi connectivity index (χ3v) is 17.9. The summed E-state index contributed by atoms with van der Waals surface area (Å²) in [6.45, 7) is 7.92. The largest absolute Gasteiger partial charge is 0.453 e. The first-order valence-electron chi connectivity index (χ1n) is 27.8. The van der Waals surface area contributed by atoms with E-state index in [9.17, 15) is 19.2 Å². The van der Waals surface area contributed by atoms with Crippen LogP contribution in [-0.4, -0.2) is 96.6 Å². The predicted octanol–water partition coefficient (Wildman–Crippen LogP) is 10.3. The Kier molecular flexibility index (Phi) is 13.9. The SMILES string of the molecule is COC(=O)N[C@H](C(=O)N1C([C@H]2Nc3ccc(-c4cc5ccc4CCc4ccc(c(-c6ccc7c(c6)N[C@@H](C6C[C@@H]8CCCC[C@@H]8N6C(=O)[C@@H](NC(=O)OC)C(C)C)N7)c4)CC5)cc3N2)C[C@@H]2CCCC[C@@H]21)C(C)C. The maximum atomic E-state index is 14.5. The highest BCUT2D eigenvalue weighted by molar-refractivity contribution is 5.89. The smallest absolute Gasteiger partial charge is 0.407 e. The molecule has 4 aromatic carbocycles.